The molecule has 2 aromatic rings. The molecule has 1 radical (unpaired) electrons. The van der Waals surface area contributed by atoms with E-state index in [2.05, 4.69) is 11.9 Å². The van der Waals surface area contributed by atoms with Gasteiger partial charge in [-0.15, -0.1) is 0 Å². The molecule has 0 aliphatic rings. The minimum Gasteiger partial charge on any atom is -0.274 e. The summed E-state index contributed by atoms with van der Waals surface area (Å²) in [7, 11) is 0. The Morgan fingerprint density at radius 2 is 2.00 bits per heavy atom. The smallest absolute Gasteiger partial charge is 0.274 e. The molecule has 1 aromatic heterocycles. The second-order valence-corrected chi connectivity index (χ2v) is 4.65. The average Bonchev–Trinajstić information content (AvgIpc) is 2.72. The van der Waals surface area contributed by atoms with Gasteiger partial charge in [0, 0.05) is 12.0 Å². The van der Waals surface area contributed by atoms with Crippen LogP contribution in [0.4, 0.5) is 13.2 Å². The third-order valence-electron chi connectivity index (χ3n) is 3.20. The van der Waals surface area contributed by atoms with Crippen molar-refractivity contribution in [2.45, 2.75) is 26.4 Å². The van der Waals surface area contributed by atoms with Crippen molar-refractivity contribution < 1.29 is 18.0 Å². The molecule has 0 fully saturated rings. The summed E-state index contributed by atoms with van der Waals surface area (Å²) in [5.74, 6) is 0.198. The summed E-state index contributed by atoms with van der Waals surface area (Å²) in [5.41, 5.74) is 0.483. The summed E-state index contributed by atoms with van der Waals surface area (Å²) in [5, 5.41) is 0. The summed E-state index contributed by atoms with van der Waals surface area (Å²) >= 11 is 0. The molecule has 0 N–H and O–H groups in total. The van der Waals surface area contributed by atoms with Crippen molar-refractivity contribution in [3.63, 3.8) is 0 Å². The predicted octanol–water partition coefficient (Wildman–Crippen LogP) is 4.05. The first-order chi connectivity index (χ1) is 9.75. The fourth-order valence-electron chi connectivity index (χ4n) is 2.24. The summed E-state index contributed by atoms with van der Waals surface area (Å²) in [6.07, 6.45) is -4.36. The van der Waals surface area contributed by atoms with Crippen LogP contribution in [0.2, 0.25) is 0 Å². The van der Waals surface area contributed by atoms with E-state index in [0.717, 1.165) is 12.1 Å². The molecule has 0 atom stereocenters. The average molecular weight is 295 g/mol. The van der Waals surface area contributed by atoms with E-state index in [4.69, 9.17) is 0 Å². The lowest BCUT2D eigenvalue weighted by atomic mass is 10.1. The molecule has 2 rings (SSSR count). The minimum absolute atomic E-state index is 0.0556. The number of hydrogen-bond donors (Lipinski definition) is 0. The van der Waals surface area contributed by atoms with Crippen molar-refractivity contribution in [3.05, 3.63) is 48.3 Å². The van der Waals surface area contributed by atoms with Gasteiger partial charge in [0.2, 0.25) is 5.91 Å². The Morgan fingerprint density at radius 1 is 1.33 bits per heavy atom. The molecule has 1 heterocycles. The van der Waals surface area contributed by atoms with Crippen LogP contribution in [0.25, 0.3) is 11.3 Å². The third kappa shape index (κ3) is 2.84. The molecule has 0 amide bonds. The van der Waals surface area contributed by atoms with E-state index >= 15 is 0 Å². The van der Waals surface area contributed by atoms with Crippen LogP contribution in [-0.4, -0.2) is 15.5 Å². The predicted molar refractivity (Wildman–Crippen MR) is 72.7 cm³/mol. The summed E-state index contributed by atoms with van der Waals surface area (Å²) in [4.78, 5) is 16.0. The lowest BCUT2D eigenvalue weighted by Gasteiger charge is -2.08. The number of aromatic nitrogens is 2. The van der Waals surface area contributed by atoms with Crippen molar-refractivity contribution >= 4 is 5.91 Å². The van der Waals surface area contributed by atoms with E-state index < -0.39 is 11.7 Å². The normalized spacial score (nSPS) is 11.7. The van der Waals surface area contributed by atoms with Crippen LogP contribution in [0.15, 0.2) is 24.3 Å². The zero-order valence-corrected chi connectivity index (χ0v) is 11.7. The van der Waals surface area contributed by atoms with Crippen molar-refractivity contribution in [1.29, 1.82) is 0 Å². The number of hydrogen-bond acceptors (Lipinski definition) is 2. The van der Waals surface area contributed by atoms with Crippen molar-refractivity contribution in [2.24, 2.45) is 0 Å². The van der Waals surface area contributed by atoms with E-state index in [9.17, 15) is 18.0 Å². The molecule has 0 unspecified atom stereocenters. The molecule has 6 heteroatoms. The number of nitrogens with zero attached hydrogens (tertiary/aromatic N) is 2. The van der Waals surface area contributed by atoms with Crippen molar-refractivity contribution in [3.8, 4) is 11.3 Å². The molecular formula is C15H14F3N2O. The SMILES string of the molecule is [CH2]CC(=O)n1c(C)nc(-c2cccc(C(F)(F)F)c2)c1C. The highest BCUT2D eigenvalue weighted by Gasteiger charge is 2.31. The van der Waals surface area contributed by atoms with Crippen LogP contribution < -0.4 is 0 Å². The second-order valence-electron chi connectivity index (χ2n) is 4.65. The fourth-order valence-corrected chi connectivity index (χ4v) is 2.24. The van der Waals surface area contributed by atoms with E-state index in [1.165, 1.54) is 10.6 Å². The van der Waals surface area contributed by atoms with Crippen LogP contribution >= 0.6 is 0 Å². The van der Waals surface area contributed by atoms with Gasteiger partial charge in [-0.25, -0.2) is 4.98 Å². The van der Waals surface area contributed by atoms with Crippen molar-refractivity contribution in [1.82, 2.24) is 9.55 Å². The van der Waals surface area contributed by atoms with Crippen LogP contribution in [0.5, 0.6) is 0 Å². The lowest BCUT2D eigenvalue weighted by Crippen LogP contribution is -2.12. The van der Waals surface area contributed by atoms with Gasteiger partial charge < -0.3 is 0 Å². The monoisotopic (exact) mass is 295 g/mol. The van der Waals surface area contributed by atoms with E-state index in [1.807, 2.05) is 0 Å². The molecule has 0 bridgehead atoms. The molecule has 111 valence electrons. The van der Waals surface area contributed by atoms with Crippen LogP contribution in [0.3, 0.4) is 0 Å². The number of imidazole rings is 1. The minimum atomic E-state index is -4.41. The maximum atomic E-state index is 12.8. The van der Waals surface area contributed by atoms with Gasteiger partial charge >= 0.3 is 6.18 Å². The van der Waals surface area contributed by atoms with Gasteiger partial charge in [-0.2, -0.15) is 13.2 Å². The number of halogens is 3. The maximum Gasteiger partial charge on any atom is 0.416 e. The van der Waals surface area contributed by atoms with Gasteiger partial charge in [0.15, 0.2) is 0 Å². The third-order valence-corrected chi connectivity index (χ3v) is 3.20. The van der Waals surface area contributed by atoms with E-state index in [1.54, 1.807) is 19.9 Å². The Balaban J connectivity index is 2.56. The standard InChI is InChI=1S/C15H14F3N2O/c1-4-13(21)20-9(2)14(19-10(20)3)11-6-5-7-12(8-11)15(16,17)18/h5-8H,1,4H2,2-3H3. The summed E-state index contributed by atoms with van der Waals surface area (Å²) in [6, 6.07) is 4.91. The lowest BCUT2D eigenvalue weighted by molar-refractivity contribution is -0.137. The van der Waals surface area contributed by atoms with Gasteiger partial charge in [0.25, 0.3) is 0 Å². The molecule has 0 aliphatic heterocycles. The largest absolute Gasteiger partial charge is 0.416 e. The first-order valence-corrected chi connectivity index (χ1v) is 6.31. The molecule has 0 aliphatic carbocycles. The number of carbonyl (C=O) groups is 1. The Labute approximate surface area is 120 Å². The highest BCUT2D eigenvalue weighted by molar-refractivity contribution is 5.82. The van der Waals surface area contributed by atoms with E-state index in [-0.39, 0.29) is 12.3 Å². The molecule has 21 heavy (non-hydrogen) atoms. The molecular weight excluding hydrogens is 281 g/mol. The molecule has 3 nitrogen and oxygen atoms in total. The quantitative estimate of drug-likeness (QED) is 0.837. The van der Waals surface area contributed by atoms with Gasteiger partial charge in [-0.3, -0.25) is 9.36 Å². The highest BCUT2D eigenvalue weighted by Crippen LogP contribution is 2.32. The zero-order valence-electron chi connectivity index (χ0n) is 11.7. The Hall–Kier alpha value is -2.11. The number of alkyl halides is 3. The Kier molecular flexibility index (Phi) is 3.89. The number of rotatable bonds is 2. The van der Waals surface area contributed by atoms with Crippen LogP contribution in [-0.2, 0) is 6.18 Å². The Morgan fingerprint density at radius 3 is 2.57 bits per heavy atom. The summed E-state index contributed by atoms with van der Waals surface area (Å²) in [6.45, 7) is 6.82. The molecule has 0 saturated heterocycles. The van der Waals surface area contributed by atoms with Gasteiger partial charge in [-0.05, 0) is 32.9 Å². The maximum absolute atomic E-state index is 12.8. The second kappa shape index (κ2) is 5.35. The first kappa shape index (κ1) is 15.3. The molecule has 1 aromatic carbocycles. The number of carbonyl (C=O) groups excluding carboxylic acids is 1. The van der Waals surface area contributed by atoms with Gasteiger partial charge in [-0.1, -0.05) is 12.1 Å². The van der Waals surface area contributed by atoms with Crippen molar-refractivity contribution in [2.75, 3.05) is 0 Å². The van der Waals surface area contributed by atoms with E-state index in [0.29, 0.717) is 22.8 Å². The van der Waals surface area contributed by atoms with Gasteiger partial charge in [0.1, 0.15) is 5.82 Å². The zero-order chi connectivity index (χ0) is 15.8. The number of benzene rings is 1. The fraction of sp³-hybridized carbons (Fsp3) is 0.267. The van der Waals surface area contributed by atoms with Crippen LogP contribution in [0.1, 0.15) is 28.3 Å². The topological polar surface area (TPSA) is 34.9 Å². The summed E-state index contributed by atoms with van der Waals surface area (Å²) < 4.78 is 39.7. The van der Waals surface area contributed by atoms with Crippen LogP contribution in [0, 0.1) is 20.8 Å². The highest BCUT2D eigenvalue weighted by atomic mass is 19.4. The van der Waals surface area contributed by atoms with Gasteiger partial charge in [0.05, 0.1) is 17.0 Å². The number of aryl methyl sites for hydroxylation is 1. The Bertz CT molecular complexity index is 687. The first-order valence-electron chi connectivity index (χ1n) is 6.31. The molecule has 0 spiro atoms. The molecule has 0 saturated carbocycles.